The molecule has 1 N–H and O–H groups in total. The highest BCUT2D eigenvalue weighted by Crippen LogP contribution is 2.13. The first kappa shape index (κ1) is 19.9. The van der Waals surface area contributed by atoms with Crippen molar-refractivity contribution in [1.82, 2.24) is 0 Å². The first-order valence-electron chi connectivity index (χ1n) is 8.98. The van der Waals surface area contributed by atoms with Crippen molar-refractivity contribution in [2.24, 2.45) is 0 Å². The van der Waals surface area contributed by atoms with Gasteiger partial charge in [0.15, 0.2) is 0 Å². The third-order valence-corrected chi connectivity index (χ3v) is 4.17. The quantitative estimate of drug-likeness (QED) is 0.381. The molecule has 0 amide bonds. The van der Waals surface area contributed by atoms with Crippen molar-refractivity contribution >= 4 is 0 Å². The molecule has 0 aromatic carbocycles. The van der Waals surface area contributed by atoms with Crippen LogP contribution in [-0.2, 0) is 4.74 Å². The fraction of sp³-hybridized carbons (Fsp3) is 1.00. The van der Waals surface area contributed by atoms with Gasteiger partial charge >= 0.3 is 0 Å². The minimum Gasteiger partial charge on any atom is -0.394 e. The molecule has 0 aromatic rings. The molecule has 0 aliphatic heterocycles. The summed E-state index contributed by atoms with van der Waals surface area (Å²) in [5.41, 5.74) is 0. The Morgan fingerprint density at radius 2 is 1.10 bits per heavy atom. The summed E-state index contributed by atoms with van der Waals surface area (Å²) in [6.45, 7) is 2.44. The van der Waals surface area contributed by atoms with E-state index < -0.39 is 0 Å². The highest BCUT2D eigenvalue weighted by Gasteiger charge is 2.03. The monoisotopic (exact) mass is 286 g/mol. The van der Waals surface area contributed by atoms with Crippen LogP contribution in [0.3, 0.4) is 0 Å². The lowest BCUT2D eigenvalue weighted by molar-refractivity contribution is 0.0415. The maximum atomic E-state index is 8.99. The zero-order valence-electron chi connectivity index (χ0n) is 14.0. The Bertz CT molecular complexity index is 167. The second-order valence-corrected chi connectivity index (χ2v) is 6.07. The summed E-state index contributed by atoms with van der Waals surface area (Å²) in [4.78, 5) is 0. The lowest BCUT2D eigenvalue weighted by Crippen LogP contribution is -2.14. The van der Waals surface area contributed by atoms with Gasteiger partial charge < -0.3 is 9.84 Å². The highest BCUT2D eigenvalue weighted by atomic mass is 16.5. The van der Waals surface area contributed by atoms with Gasteiger partial charge in [0.2, 0.25) is 0 Å². The molecule has 0 spiro atoms. The van der Waals surface area contributed by atoms with E-state index in [1.165, 1.54) is 83.5 Å². The average Bonchev–Trinajstić information content (AvgIpc) is 2.48. The first-order valence-corrected chi connectivity index (χ1v) is 8.98. The Labute approximate surface area is 127 Å². The van der Waals surface area contributed by atoms with Gasteiger partial charge in [0.05, 0.1) is 12.7 Å². The van der Waals surface area contributed by atoms with Gasteiger partial charge in [0.1, 0.15) is 0 Å². The van der Waals surface area contributed by atoms with E-state index in [-0.39, 0.29) is 12.7 Å². The third-order valence-electron chi connectivity index (χ3n) is 4.17. The summed E-state index contributed by atoms with van der Waals surface area (Å²) in [5.74, 6) is 0. The van der Waals surface area contributed by atoms with Crippen molar-refractivity contribution in [3.8, 4) is 0 Å². The molecular formula is C18H38O2. The number of aliphatic hydroxyl groups excluding tert-OH is 1. The van der Waals surface area contributed by atoms with E-state index in [0.717, 1.165) is 6.42 Å². The van der Waals surface area contributed by atoms with Crippen LogP contribution in [0.1, 0.15) is 96.8 Å². The van der Waals surface area contributed by atoms with Crippen molar-refractivity contribution in [3.63, 3.8) is 0 Å². The number of hydrogen-bond donors (Lipinski definition) is 1. The number of rotatable bonds is 16. The summed E-state index contributed by atoms with van der Waals surface area (Å²) in [5, 5.41) is 8.99. The van der Waals surface area contributed by atoms with Crippen LogP contribution in [0.5, 0.6) is 0 Å². The normalized spacial score (nSPS) is 12.8. The van der Waals surface area contributed by atoms with Gasteiger partial charge in [-0.15, -0.1) is 0 Å². The number of ether oxygens (including phenoxy) is 1. The van der Waals surface area contributed by atoms with E-state index in [4.69, 9.17) is 9.84 Å². The fourth-order valence-corrected chi connectivity index (χ4v) is 2.67. The van der Waals surface area contributed by atoms with E-state index in [1.807, 2.05) is 0 Å². The molecule has 1 atom stereocenters. The molecule has 2 nitrogen and oxygen atoms in total. The van der Waals surface area contributed by atoms with E-state index >= 15 is 0 Å². The molecule has 0 radical (unpaired) electrons. The van der Waals surface area contributed by atoms with Crippen LogP contribution in [0.25, 0.3) is 0 Å². The van der Waals surface area contributed by atoms with Gasteiger partial charge in [-0.3, -0.25) is 0 Å². The Kier molecular flexibility index (Phi) is 16.9. The van der Waals surface area contributed by atoms with E-state index in [9.17, 15) is 0 Å². The summed E-state index contributed by atoms with van der Waals surface area (Å²) in [6.07, 6.45) is 19.1. The second-order valence-electron chi connectivity index (χ2n) is 6.07. The van der Waals surface area contributed by atoms with Gasteiger partial charge in [-0.1, -0.05) is 90.4 Å². The van der Waals surface area contributed by atoms with Crippen molar-refractivity contribution in [1.29, 1.82) is 0 Å². The van der Waals surface area contributed by atoms with Crippen LogP contribution in [0.15, 0.2) is 0 Å². The molecule has 122 valence electrons. The van der Waals surface area contributed by atoms with Crippen LogP contribution in [0, 0.1) is 0 Å². The van der Waals surface area contributed by atoms with Gasteiger partial charge in [0, 0.05) is 7.11 Å². The number of hydrogen-bond acceptors (Lipinski definition) is 2. The van der Waals surface area contributed by atoms with Crippen LogP contribution < -0.4 is 0 Å². The van der Waals surface area contributed by atoms with Gasteiger partial charge in [-0.25, -0.2) is 0 Å². The minimum absolute atomic E-state index is 0.0581. The second kappa shape index (κ2) is 17.0. The lowest BCUT2D eigenvalue weighted by Gasteiger charge is -2.11. The molecule has 20 heavy (non-hydrogen) atoms. The van der Waals surface area contributed by atoms with Crippen LogP contribution in [-0.4, -0.2) is 24.9 Å². The average molecular weight is 286 g/mol. The zero-order chi connectivity index (χ0) is 14.9. The molecule has 2 heteroatoms. The molecule has 0 aliphatic rings. The van der Waals surface area contributed by atoms with E-state index in [2.05, 4.69) is 6.92 Å². The predicted octanol–water partition coefficient (Wildman–Crippen LogP) is 5.48. The highest BCUT2D eigenvalue weighted by molar-refractivity contribution is 4.55. The van der Waals surface area contributed by atoms with E-state index in [0.29, 0.717) is 0 Å². The van der Waals surface area contributed by atoms with Crippen LogP contribution in [0.4, 0.5) is 0 Å². The molecule has 0 fully saturated rings. The molecule has 1 unspecified atom stereocenters. The summed E-state index contributed by atoms with van der Waals surface area (Å²) in [6, 6.07) is 0. The number of unbranched alkanes of at least 4 members (excludes halogenated alkanes) is 12. The van der Waals surface area contributed by atoms with Gasteiger partial charge in [-0.2, -0.15) is 0 Å². The number of aliphatic hydroxyl groups is 1. The maximum absolute atomic E-state index is 8.99. The third kappa shape index (κ3) is 14.3. The topological polar surface area (TPSA) is 29.5 Å². The Hall–Kier alpha value is -0.0800. The molecule has 0 rings (SSSR count). The van der Waals surface area contributed by atoms with Crippen molar-refractivity contribution < 1.29 is 9.84 Å². The van der Waals surface area contributed by atoms with Gasteiger partial charge in [-0.05, 0) is 6.42 Å². The molecule has 0 bridgehead atoms. The van der Waals surface area contributed by atoms with Gasteiger partial charge in [0.25, 0.3) is 0 Å². The predicted molar refractivity (Wildman–Crippen MR) is 88.2 cm³/mol. The fourth-order valence-electron chi connectivity index (χ4n) is 2.67. The summed E-state index contributed by atoms with van der Waals surface area (Å²) >= 11 is 0. The molecule has 0 saturated carbocycles. The zero-order valence-corrected chi connectivity index (χ0v) is 14.0. The summed E-state index contributed by atoms with van der Waals surface area (Å²) < 4.78 is 5.16. The smallest absolute Gasteiger partial charge is 0.0802 e. The number of methoxy groups -OCH3 is 1. The van der Waals surface area contributed by atoms with Crippen LogP contribution >= 0.6 is 0 Å². The van der Waals surface area contributed by atoms with Crippen LogP contribution in [0.2, 0.25) is 0 Å². The SMILES string of the molecule is CCCCCCCCCCCCCCCC(CO)OC. The van der Waals surface area contributed by atoms with Crippen molar-refractivity contribution in [2.75, 3.05) is 13.7 Å². The maximum Gasteiger partial charge on any atom is 0.0802 e. The Morgan fingerprint density at radius 3 is 1.45 bits per heavy atom. The standard InChI is InChI=1S/C18H38O2/c1-3-4-5-6-7-8-9-10-11-12-13-14-15-16-18(17-19)20-2/h18-19H,3-17H2,1-2H3. The molecule has 0 aliphatic carbocycles. The Balaban J connectivity index is 3.02. The van der Waals surface area contributed by atoms with E-state index in [1.54, 1.807) is 7.11 Å². The largest absolute Gasteiger partial charge is 0.394 e. The Morgan fingerprint density at radius 1 is 0.700 bits per heavy atom. The summed E-state index contributed by atoms with van der Waals surface area (Å²) in [7, 11) is 1.68. The molecular weight excluding hydrogens is 248 g/mol. The van der Waals surface area contributed by atoms with Crippen molar-refractivity contribution in [2.45, 2.75) is 103 Å². The van der Waals surface area contributed by atoms with Crippen molar-refractivity contribution in [3.05, 3.63) is 0 Å². The minimum atomic E-state index is 0.0581. The molecule has 0 saturated heterocycles. The first-order chi connectivity index (χ1) is 9.85. The molecule has 0 aromatic heterocycles. The lowest BCUT2D eigenvalue weighted by atomic mass is 10.0. The molecule has 0 heterocycles.